The minimum Gasteiger partial charge on any atom is -0.497 e. The molecule has 0 bridgehead atoms. The fourth-order valence-electron chi connectivity index (χ4n) is 3.30. The monoisotopic (exact) mass is 395 g/mol. The van der Waals surface area contributed by atoms with Crippen molar-refractivity contribution in [1.82, 2.24) is 14.1 Å². The van der Waals surface area contributed by atoms with Gasteiger partial charge in [0.1, 0.15) is 17.2 Å². The molecule has 27 heavy (non-hydrogen) atoms. The highest BCUT2D eigenvalue weighted by Gasteiger charge is 2.29. The number of aromatic nitrogens is 2. The van der Waals surface area contributed by atoms with Crippen molar-refractivity contribution in [1.29, 1.82) is 0 Å². The van der Waals surface area contributed by atoms with Gasteiger partial charge in [-0.15, -0.1) is 0 Å². The maximum absolute atomic E-state index is 12.9. The lowest BCUT2D eigenvalue weighted by molar-refractivity contribution is -0.917. The van der Waals surface area contributed by atoms with Crippen molar-refractivity contribution in [2.24, 2.45) is 0 Å². The van der Waals surface area contributed by atoms with Gasteiger partial charge < -0.3 is 9.64 Å². The van der Waals surface area contributed by atoms with E-state index in [-0.39, 0.29) is 0 Å². The lowest BCUT2D eigenvalue weighted by atomic mass is 10.2. The Labute approximate surface area is 162 Å². The average molecular weight is 396 g/mol. The summed E-state index contributed by atoms with van der Waals surface area (Å²) in [5.41, 5.74) is 2.43. The fraction of sp³-hybridized carbons (Fsp3) is 0.526. The third-order valence-electron chi connectivity index (χ3n) is 4.70. The van der Waals surface area contributed by atoms with Gasteiger partial charge in [0, 0.05) is 18.7 Å². The smallest absolute Gasteiger partial charge is 0.246 e. The minimum absolute atomic E-state index is 0.337. The van der Waals surface area contributed by atoms with Gasteiger partial charge in [0.25, 0.3) is 0 Å². The lowest BCUT2D eigenvalue weighted by Crippen LogP contribution is -3.07. The van der Waals surface area contributed by atoms with Crippen LogP contribution in [0.25, 0.3) is 0 Å². The quantitative estimate of drug-likeness (QED) is 0.693. The number of benzene rings is 1. The lowest BCUT2D eigenvalue weighted by Gasteiger charge is -2.19. The summed E-state index contributed by atoms with van der Waals surface area (Å²) in [5, 5.41) is 4.51. The molecule has 0 saturated heterocycles. The molecule has 0 saturated carbocycles. The van der Waals surface area contributed by atoms with E-state index in [0.29, 0.717) is 36.0 Å². The Kier molecular flexibility index (Phi) is 7.02. The molecule has 2 rings (SSSR count). The molecule has 0 aliphatic rings. The molecule has 0 aliphatic carbocycles. The van der Waals surface area contributed by atoms with Crippen LogP contribution >= 0.6 is 0 Å². The van der Waals surface area contributed by atoms with Crippen molar-refractivity contribution < 1.29 is 18.1 Å². The van der Waals surface area contributed by atoms with Crippen LogP contribution in [0, 0.1) is 13.8 Å². The highest BCUT2D eigenvalue weighted by Crippen LogP contribution is 2.23. The van der Waals surface area contributed by atoms with Crippen LogP contribution in [0.2, 0.25) is 0 Å². The van der Waals surface area contributed by atoms with Crippen LogP contribution < -0.4 is 9.64 Å². The molecule has 0 aliphatic heterocycles. The van der Waals surface area contributed by atoms with E-state index in [1.54, 1.807) is 18.7 Å². The topological polar surface area (TPSA) is 68.9 Å². The van der Waals surface area contributed by atoms with Crippen molar-refractivity contribution >= 4 is 10.0 Å². The van der Waals surface area contributed by atoms with Crippen LogP contribution in [-0.2, 0) is 23.2 Å². The van der Waals surface area contributed by atoms with Crippen LogP contribution in [0.4, 0.5) is 0 Å². The molecular formula is C19H31N4O3S+. The molecule has 1 atom stereocenters. The summed E-state index contributed by atoms with van der Waals surface area (Å²) in [7, 11) is 0.203. The van der Waals surface area contributed by atoms with Crippen molar-refractivity contribution in [3.8, 4) is 5.75 Å². The Hall–Kier alpha value is -1.90. The second kappa shape index (κ2) is 8.86. The molecule has 1 aromatic heterocycles. The molecule has 1 unspecified atom stereocenters. The second-order valence-electron chi connectivity index (χ2n) is 6.73. The summed E-state index contributed by atoms with van der Waals surface area (Å²) >= 11 is 0. The summed E-state index contributed by atoms with van der Waals surface area (Å²) < 4.78 is 34.3. The largest absolute Gasteiger partial charge is 0.497 e. The van der Waals surface area contributed by atoms with Gasteiger partial charge in [-0.1, -0.05) is 13.8 Å². The van der Waals surface area contributed by atoms with Crippen LogP contribution in [-0.4, -0.2) is 49.8 Å². The van der Waals surface area contributed by atoms with Gasteiger partial charge in [0.15, 0.2) is 6.67 Å². The van der Waals surface area contributed by atoms with Gasteiger partial charge >= 0.3 is 0 Å². The molecule has 0 radical (unpaired) electrons. The number of hydrogen-bond donors (Lipinski definition) is 1. The van der Waals surface area contributed by atoms with Gasteiger partial charge in [0.2, 0.25) is 10.0 Å². The average Bonchev–Trinajstić information content (AvgIpc) is 2.90. The molecular weight excluding hydrogens is 364 g/mol. The Morgan fingerprint density at radius 2 is 1.74 bits per heavy atom. The van der Waals surface area contributed by atoms with E-state index < -0.39 is 10.0 Å². The van der Waals surface area contributed by atoms with Gasteiger partial charge in [-0.3, -0.25) is 0 Å². The van der Waals surface area contributed by atoms with Crippen LogP contribution in [0.5, 0.6) is 5.75 Å². The van der Waals surface area contributed by atoms with Crippen LogP contribution in [0.3, 0.4) is 0 Å². The van der Waals surface area contributed by atoms with Gasteiger partial charge in [-0.25, -0.2) is 13.1 Å². The molecule has 0 amide bonds. The zero-order chi connectivity index (χ0) is 20.2. The highest BCUT2D eigenvalue weighted by atomic mass is 32.2. The first-order chi connectivity index (χ1) is 12.7. The maximum atomic E-state index is 12.9. The number of methoxy groups -OCH3 is 1. The van der Waals surface area contributed by atoms with Gasteiger partial charge in [-0.05, 0) is 38.1 Å². The molecule has 0 spiro atoms. The van der Waals surface area contributed by atoms with Crippen molar-refractivity contribution in [2.45, 2.75) is 45.8 Å². The first kappa shape index (κ1) is 21.4. The molecule has 1 aromatic carbocycles. The number of hydrogen-bond acceptors (Lipinski definition) is 4. The van der Waals surface area contributed by atoms with Crippen LogP contribution in [0.15, 0.2) is 29.2 Å². The maximum Gasteiger partial charge on any atom is 0.246 e. The molecule has 1 N–H and O–H groups in total. The highest BCUT2D eigenvalue weighted by molar-refractivity contribution is 7.89. The summed E-state index contributed by atoms with van der Waals surface area (Å²) in [5.74, 6) is 0.834. The first-order valence-corrected chi connectivity index (χ1v) is 10.7. The number of ether oxygens (including phenoxy) is 1. The molecule has 7 nitrogen and oxygen atoms in total. The molecule has 2 aromatic rings. The number of quaternary nitrogens is 1. The number of rotatable bonds is 9. The third kappa shape index (κ3) is 4.69. The Bertz CT molecular complexity index is 856. The van der Waals surface area contributed by atoms with E-state index >= 15 is 0 Å². The van der Waals surface area contributed by atoms with E-state index in [4.69, 9.17) is 4.74 Å². The normalized spacial score (nSPS) is 13.1. The summed E-state index contributed by atoms with van der Waals surface area (Å²) in [6.45, 7) is 9.59. The number of sulfonamides is 1. The minimum atomic E-state index is -3.52. The standard InChI is InChI=1S/C19H30N4O3S/c1-7-22(8-2)27(24,25)19-15(3)20-23(16(19)4)14-21(5)13-17-9-11-18(26-6)12-10-17/h9-12H,7-8,13-14H2,1-6H3/p+1. The van der Waals surface area contributed by atoms with E-state index in [0.717, 1.165) is 12.3 Å². The molecule has 1 heterocycles. The summed E-state index contributed by atoms with van der Waals surface area (Å²) in [6.07, 6.45) is 0. The Morgan fingerprint density at radius 1 is 1.15 bits per heavy atom. The number of aryl methyl sites for hydroxylation is 1. The Balaban J connectivity index is 2.20. The Morgan fingerprint density at radius 3 is 2.26 bits per heavy atom. The van der Waals surface area contributed by atoms with Crippen molar-refractivity contribution in [3.05, 3.63) is 41.2 Å². The predicted octanol–water partition coefficient (Wildman–Crippen LogP) is 1.21. The van der Waals surface area contributed by atoms with Crippen LogP contribution in [0.1, 0.15) is 30.8 Å². The van der Waals surface area contributed by atoms with E-state index in [1.807, 2.05) is 45.0 Å². The third-order valence-corrected chi connectivity index (χ3v) is 7.01. The van der Waals surface area contributed by atoms with E-state index in [1.165, 1.54) is 14.8 Å². The first-order valence-electron chi connectivity index (χ1n) is 9.22. The van der Waals surface area contributed by atoms with Gasteiger partial charge in [0.05, 0.1) is 25.5 Å². The summed E-state index contributed by atoms with van der Waals surface area (Å²) in [4.78, 5) is 1.54. The molecule has 150 valence electrons. The van der Waals surface area contributed by atoms with E-state index in [9.17, 15) is 8.42 Å². The van der Waals surface area contributed by atoms with Crippen molar-refractivity contribution in [2.75, 3.05) is 27.2 Å². The fourth-order valence-corrected chi connectivity index (χ4v) is 5.13. The molecule has 8 heteroatoms. The predicted molar refractivity (Wildman–Crippen MR) is 105 cm³/mol. The number of nitrogens with one attached hydrogen (secondary N) is 1. The SMILES string of the molecule is CCN(CC)S(=O)(=O)c1c(C)nn(C[NH+](C)Cc2ccc(OC)cc2)c1C. The van der Waals surface area contributed by atoms with E-state index in [2.05, 4.69) is 12.1 Å². The zero-order valence-corrected chi connectivity index (χ0v) is 17.9. The second-order valence-corrected chi connectivity index (χ2v) is 8.60. The van der Waals surface area contributed by atoms with Gasteiger partial charge in [-0.2, -0.15) is 9.40 Å². The van der Waals surface area contributed by atoms with Crippen molar-refractivity contribution in [3.63, 3.8) is 0 Å². The summed E-state index contributed by atoms with van der Waals surface area (Å²) in [6, 6.07) is 7.97. The zero-order valence-electron chi connectivity index (χ0n) is 17.1. The molecule has 0 fully saturated rings. The number of nitrogens with zero attached hydrogens (tertiary/aromatic N) is 3.